The molecule has 0 aliphatic heterocycles. The SMILES string of the molecule is CN(CC(F)(F)F)c1cc(C(N)=NO)c2ccccc2n1. The highest BCUT2D eigenvalue weighted by Gasteiger charge is 2.30. The van der Waals surface area contributed by atoms with E-state index in [1.165, 1.54) is 13.1 Å². The van der Waals surface area contributed by atoms with Crippen molar-refractivity contribution in [2.24, 2.45) is 10.9 Å². The fourth-order valence-electron chi connectivity index (χ4n) is 1.97. The van der Waals surface area contributed by atoms with E-state index in [0.717, 1.165) is 4.90 Å². The van der Waals surface area contributed by atoms with Gasteiger partial charge in [0.05, 0.1) is 5.52 Å². The first-order chi connectivity index (χ1) is 9.81. The van der Waals surface area contributed by atoms with Crippen LogP contribution in [0.4, 0.5) is 19.0 Å². The van der Waals surface area contributed by atoms with Gasteiger partial charge >= 0.3 is 6.18 Å². The van der Waals surface area contributed by atoms with Gasteiger partial charge in [-0.1, -0.05) is 23.4 Å². The molecule has 1 aromatic carbocycles. The number of hydrogen-bond donors (Lipinski definition) is 2. The van der Waals surface area contributed by atoms with Crippen molar-refractivity contribution in [3.8, 4) is 0 Å². The maximum Gasteiger partial charge on any atom is 0.405 e. The van der Waals surface area contributed by atoms with Gasteiger partial charge in [0.25, 0.3) is 0 Å². The van der Waals surface area contributed by atoms with E-state index in [0.29, 0.717) is 16.5 Å². The average molecular weight is 298 g/mol. The minimum atomic E-state index is -4.35. The fourth-order valence-corrected chi connectivity index (χ4v) is 1.97. The molecule has 0 saturated heterocycles. The van der Waals surface area contributed by atoms with Crippen molar-refractivity contribution in [2.75, 3.05) is 18.5 Å². The molecule has 0 unspecified atom stereocenters. The van der Waals surface area contributed by atoms with Gasteiger partial charge in [-0.05, 0) is 12.1 Å². The summed E-state index contributed by atoms with van der Waals surface area (Å²) >= 11 is 0. The van der Waals surface area contributed by atoms with Gasteiger partial charge in [0, 0.05) is 18.0 Å². The number of rotatable bonds is 3. The molecular weight excluding hydrogens is 285 g/mol. The van der Waals surface area contributed by atoms with Crippen molar-refractivity contribution in [1.29, 1.82) is 0 Å². The summed E-state index contributed by atoms with van der Waals surface area (Å²) < 4.78 is 37.4. The standard InChI is InChI=1S/C13H13F3N4O/c1-20(7-13(14,15)16)11-6-9(12(17)19-21)8-4-2-3-5-10(8)18-11/h2-6,21H,7H2,1H3,(H2,17,19). The number of oxime groups is 1. The van der Waals surface area contributed by atoms with E-state index in [1.807, 2.05) is 0 Å². The Morgan fingerprint density at radius 3 is 2.67 bits per heavy atom. The molecule has 0 aliphatic carbocycles. The lowest BCUT2D eigenvalue weighted by atomic mass is 10.1. The molecule has 21 heavy (non-hydrogen) atoms. The lowest BCUT2D eigenvalue weighted by molar-refractivity contribution is -0.119. The molecule has 2 aromatic rings. The zero-order chi connectivity index (χ0) is 15.6. The van der Waals surface area contributed by atoms with Crippen molar-refractivity contribution in [1.82, 2.24) is 4.98 Å². The van der Waals surface area contributed by atoms with Crippen LogP contribution in [0.25, 0.3) is 10.9 Å². The number of alkyl halides is 3. The van der Waals surface area contributed by atoms with Gasteiger partial charge in [-0.2, -0.15) is 13.2 Å². The Balaban J connectivity index is 2.56. The zero-order valence-corrected chi connectivity index (χ0v) is 11.1. The van der Waals surface area contributed by atoms with Gasteiger partial charge in [-0.25, -0.2) is 4.98 Å². The van der Waals surface area contributed by atoms with Crippen molar-refractivity contribution in [3.63, 3.8) is 0 Å². The van der Waals surface area contributed by atoms with E-state index in [4.69, 9.17) is 10.9 Å². The number of hydrogen-bond acceptors (Lipinski definition) is 4. The monoisotopic (exact) mass is 298 g/mol. The number of aromatic nitrogens is 1. The maximum atomic E-state index is 12.5. The Labute approximate surface area is 118 Å². The Bertz CT molecular complexity index is 685. The predicted octanol–water partition coefficient (Wildman–Crippen LogP) is 2.33. The van der Waals surface area contributed by atoms with Crippen LogP contribution >= 0.6 is 0 Å². The number of nitrogens with zero attached hydrogens (tertiary/aromatic N) is 3. The molecule has 3 N–H and O–H groups in total. The lowest BCUT2D eigenvalue weighted by Gasteiger charge is -2.21. The number of para-hydroxylation sites is 1. The minimum absolute atomic E-state index is 0.0904. The molecule has 0 bridgehead atoms. The summed E-state index contributed by atoms with van der Waals surface area (Å²) in [5.41, 5.74) is 6.38. The second-order valence-electron chi connectivity index (χ2n) is 4.50. The highest BCUT2D eigenvalue weighted by Crippen LogP contribution is 2.25. The molecule has 0 spiro atoms. The summed E-state index contributed by atoms with van der Waals surface area (Å²) in [6, 6.07) is 8.15. The van der Waals surface area contributed by atoms with Crippen LogP contribution in [0.3, 0.4) is 0 Å². The van der Waals surface area contributed by atoms with Crippen molar-refractivity contribution < 1.29 is 18.4 Å². The quantitative estimate of drug-likeness (QED) is 0.395. The Kier molecular flexibility index (Phi) is 3.88. The van der Waals surface area contributed by atoms with Crippen LogP contribution in [-0.4, -0.2) is 35.8 Å². The van der Waals surface area contributed by atoms with Gasteiger partial charge in [0.1, 0.15) is 12.4 Å². The molecule has 112 valence electrons. The van der Waals surface area contributed by atoms with Gasteiger partial charge in [-0.15, -0.1) is 0 Å². The van der Waals surface area contributed by atoms with Crippen LogP contribution in [0.15, 0.2) is 35.5 Å². The number of fused-ring (bicyclic) bond motifs is 1. The molecule has 0 amide bonds. The molecule has 0 aliphatic rings. The van der Waals surface area contributed by atoms with Crippen molar-refractivity contribution >= 4 is 22.6 Å². The van der Waals surface area contributed by atoms with Gasteiger partial charge in [-0.3, -0.25) is 0 Å². The molecule has 5 nitrogen and oxygen atoms in total. The Hall–Kier alpha value is -2.51. The van der Waals surface area contributed by atoms with E-state index < -0.39 is 12.7 Å². The van der Waals surface area contributed by atoms with E-state index in [9.17, 15) is 13.2 Å². The highest BCUT2D eigenvalue weighted by atomic mass is 19.4. The Morgan fingerprint density at radius 1 is 1.38 bits per heavy atom. The molecule has 0 atom stereocenters. The summed E-state index contributed by atoms with van der Waals surface area (Å²) in [6.45, 7) is -1.14. The number of benzene rings is 1. The van der Waals surface area contributed by atoms with Crippen LogP contribution in [0.5, 0.6) is 0 Å². The first kappa shape index (κ1) is 14.9. The summed E-state index contributed by atoms with van der Waals surface area (Å²) in [4.78, 5) is 5.13. The molecule has 0 fully saturated rings. The van der Waals surface area contributed by atoms with Gasteiger partial charge in [0.2, 0.25) is 0 Å². The summed E-state index contributed by atoms with van der Waals surface area (Å²) in [6.07, 6.45) is -4.35. The van der Waals surface area contributed by atoms with Crippen molar-refractivity contribution in [2.45, 2.75) is 6.18 Å². The maximum absolute atomic E-state index is 12.5. The number of pyridine rings is 1. The number of halogens is 3. The predicted molar refractivity (Wildman–Crippen MR) is 73.6 cm³/mol. The van der Waals surface area contributed by atoms with Crippen LogP contribution in [0, 0.1) is 0 Å². The lowest BCUT2D eigenvalue weighted by Crippen LogP contribution is -2.31. The first-order valence-corrected chi connectivity index (χ1v) is 5.97. The smallest absolute Gasteiger partial charge is 0.405 e. The first-order valence-electron chi connectivity index (χ1n) is 5.97. The van der Waals surface area contributed by atoms with Gasteiger partial charge in [0.15, 0.2) is 5.84 Å². The largest absolute Gasteiger partial charge is 0.409 e. The number of amidine groups is 1. The molecule has 1 aromatic heterocycles. The third kappa shape index (κ3) is 3.33. The van der Waals surface area contributed by atoms with Crippen LogP contribution in [0.1, 0.15) is 5.56 Å². The van der Waals surface area contributed by atoms with Crippen LogP contribution < -0.4 is 10.6 Å². The van der Waals surface area contributed by atoms with E-state index in [2.05, 4.69) is 10.1 Å². The fraction of sp³-hybridized carbons (Fsp3) is 0.231. The summed E-state index contributed by atoms with van der Waals surface area (Å²) in [5.74, 6) is -0.0946. The minimum Gasteiger partial charge on any atom is -0.409 e. The Morgan fingerprint density at radius 2 is 2.05 bits per heavy atom. The molecule has 0 saturated carbocycles. The molecular formula is C13H13F3N4O. The van der Waals surface area contributed by atoms with Crippen molar-refractivity contribution in [3.05, 3.63) is 35.9 Å². The third-order valence-corrected chi connectivity index (χ3v) is 2.89. The van der Waals surface area contributed by atoms with Crippen LogP contribution in [0.2, 0.25) is 0 Å². The van der Waals surface area contributed by atoms with Crippen LogP contribution in [-0.2, 0) is 0 Å². The van der Waals surface area contributed by atoms with E-state index in [1.54, 1.807) is 24.3 Å². The average Bonchev–Trinajstić information content (AvgIpc) is 2.43. The van der Waals surface area contributed by atoms with Gasteiger partial charge < -0.3 is 15.8 Å². The second kappa shape index (κ2) is 5.47. The normalized spacial score (nSPS) is 12.7. The molecule has 0 radical (unpaired) electrons. The highest BCUT2D eigenvalue weighted by molar-refractivity contribution is 6.08. The van der Waals surface area contributed by atoms with E-state index >= 15 is 0 Å². The zero-order valence-electron chi connectivity index (χ0n) is 11.1. The molecule has 8 heteroatoms. The number of nitrogens with two attached hydrogens (primary N) is 1. The number of anilines is 1. The third-order valence-electron chi connectivity index (χ3n) is 2.89. The van der Waals surface area contributed by atoms with E-state index in [-0.39, 0.29) is 11.7 Å². The molecule has 2 rings (SSSR count). The molecule has 1 heterocycles. The second-order valence-corrected chi connectivity index (χ2v) is 4.50. The summed E-state index contributed by atoms with van der Waals surface area (Å²) in [5, 5.41) is 12.3. The summed E-state index contributed by atoms with van der Waals surface area (Å²) in [7, 11) is 1.28. The topological polar surface area (TPSA) is 74.7 Å².